The maximum atomic E-state index is 12.9. The summed E-state index contributed by atoms with van der Waals surface area (Å²) in [5, 5.41) is 5.47. The summed E-state index contributed by atoms with van der Waals surface area (Å²) in [6.07, 6.45) is 1.41. The van der Waals surface area contributed by atoms with Gasteiger partial charge in [-0.2, -0.15) is 0 Å². The molecule has 7 nitrogen and oxygen atoms in total. The number of nitrogens with zero attached hydrogens (tertiary/aromatic N) is 2. The number of benzene rings is 1. The van der Waals surface area contributed by atoms with Crippen molar-refractivity contribution in [2.45, 2.75) is 0 Å². The first-order chi connectivity index (χ1) is 13.1. The van der Waals surface area contributed by atoms with Gasteiger partial charge in [0.1, 0.15) is 11.5 Å². The molecule has 0 unspecified atom stereocenters. The second-order valence-corrected chi connectivity index (χ2v) is 6.10. The lowest BCUT2D eigenvalue weighted by Crippen LogP contribution is -2.41. The van der Waals surface area contributed by atoms with Crippen LogP contribution in [0.4, 0.5) is 10.1 Å². The summed E-state index contributed by atoms with van der Waals surface area (Å²) in [4.78, 5) is 30.8. The molecule has 1 aliphatic rings. The van der Waals surface area contributed by atoms with Gasteiger partial charge >= 0.3 is 0 Å². The molecule has 3 rings (SSSR count). The lowest BCUT2D eigenvalue weighted by atomic mass is 10.2. The molecule has 0 radical (unpaired) electrons. The van der Waals surface area contributed by atoms with Gasteiger partial charge in [0, 0.05) is 43.6 Å². The van der Waals surface area contributed by atoms with Crippen LogP contribution in [0.25, 0.3) is 0 Å². The summed E-state index contributed by atoms with van der Waals surface area (Å²) in [6.45, 7) is 4.41. The van der Waals surface area contributed by atoms with Crippen molar-refractivity contribution < 1.29 is 18.7 Å². The Balaban J connectivity index is 1.54. The molecule has 1 aromatic heterocycles. The van der Waals surface area contributed by atoms with Crippen molar-refractivity contribution >= 4 is 17.5 Å². The van der Waals surface area contributed by atoms with Crippen LogP contribution < -0.4 is 10.6 Å². The number of morpholine rings is 1. The third-order valence-corrected chi connectivity index (χ3v) is 4.17. The molecule has 0 bridgehead atoms. The Bertz CT molecular complexity index is 792. The standard InChI is InChI=1S/C19H21FN4O3/c20-15-1-3-16(4-2-15)23-19(26)17-13-14(5-6-21-17)18(25)22-7-8-24-9-11-27-12-10-24/h1-6,13H,7-12H2,(H,22,25)(H,23,26). The number of halogens is 1. The van der Waals surface area contributed by atoms with Crippen LogP contribution in [0.2, 0.25) is 0 Å². The monoisotopic (exact) mass is 372 g/mol. The molecule has 0 spiro atoms. The van der Waals surface area contributed by atoms with Gasteiger partial charge in [0.25, 0.3) is 11.8 Å². The van der Waals surface area contributed by atoms with Crippen molar-refractivity contribution in [3.05, 3.63) is 59.7 Å². The van der Waals surface area contributed by atoms with Crippen LogP contribution in [0.3, 0.4) is 0 Å². The minimum Gasteiger partial charge on any atom is -0.379 e. The van der Waals surface area contributed by atoms with Crippen molar-refractivity contribution in [2.75, 3.05) is 44.7 Å². The van der Waals surface area contributed by atoms with Gasteiger partial charge in [-0.3, -0.25) is 19.5 Å². The molecule has 1 fully saturated rings. The lowest BCUT2D eigenvalue weighted by Gasteiger charge is -2.26. The predicted molar refractivity (Wildman–Crippen MR) is 98.2 cm³/mol. The van der Waals surface area contributed by atoms with E-state index in [4.69, 9.17) is 4.74 Å². The fourth-order valence-electron chi connectivity index (χ4n) is 2.68. The Morgan fingerprint density at radius 2 is 1.85 bits per heavy atom. The second kappa shape index (κ2) is 9.20. The van der Waals surface area contributed by atoms with E-state index in [2.05, 4.69) is 20.5 Å². The van der Waals surface area contributed by atoms with Gasteiger partial charge in [-0.1, -0.05) is 0 Å². The number of nitrogens with one attached hydrogen (secondary N) is 2. The van der Waals surface area contributed by atoms with E-state index >= 15 is 0 Å². The normalized spacial score (nSPS) is 14.6. The molecule has 142 valence electrons. The molecular formula is C19H21FN4O3. The van der Waals surface area contributed by atoms with E-state index in [0.29, 0.717) is 31.0 Å². The van der Waals surface area contributed by atoms with Crippen LogP contribution in [0.5, 0.6) is 0 Å². The first kappa shape index (κ1) is 18.9. The van der Waals surface area contributed by atoms with Gasteiger partial charge in [-0.15, -0.1) is 0 Å². The maximum absolute atomic E-state index is 12.9. The molecule has 1 aromatic carbocycles. The smallest absolute Gasteiger partial charge is 0.274 e. The molecule has 0 aliphatic carbocycles. The van der Waals surface area contributed by atoms with Crippen LogP contribution in [0, 0.1) is 5.82 Å². The summed E-state index contributed by atoms with van der Waals surface area (Å²) in [5.74, 6) is -1.12. The number of carbonyl (C=O) groups excluding carboxylic acids is 2. The fourth-order valence-corrected chi connectivity index (χ4v) is 2.68. The number of aromatic nitrogens is 1. The van der Waals surface area contributed by atoms with Gasteiger partial charge in [-0.25, -0.2) is 4.39 Å². The van der Waals surface area contributed by atoms with Gasteiger partial charge in [0.05, 0.1) is 13.2 Å². The second-order valence-electron chi connectivity index (χ2n) is 6.10. The number of ether oxygens (including phenoxy) is 1. The molecule has 2 aromatic rings. The van der Waals surface area contributed by atoms with Crippen LogP contribution >= 0.6 is 0 Å². The van der Waals surface area contributed by atoms with Crippen molar-refractivity contribution in [3.8, 4) is 0 Å². The molecule has 1 saturated heterocycles. The molecule has 2 N–H and O–H groups in total. The van der Waals surface area contributed by atoms with Crippen molar-refractivity contribution in [2.24, 2.45) is 0 Å². The first-order valence-corrected chi connectivity index (χ1v) is 8.73. The van der Waals surface area contributed by atoms with Crippen molar-refractivity contribution in [1.82, 2.24) is 15.2 Å². The highest BCUT2D eigenvalue weighted by Gasteiger charge is 2.13. The van der Waals surface area contributed by atoms with Gasteiger partial charge in [-0.05, 0) is 36.4 Å². The molecule has 8 heteroatoms. The van der Waals surface area contributed by atoms with E-state index < -0.39 is 5.91 Å². The van der Waals surface area contributed by atoms with Crippen LogP contribution in [-0.2, 0) is 4.74 Å². The van der Waals surface area contributed by atoms with Crippen LogP contribution in [0.1, 0.15) is 20.8 Å². The maximum Gasteiger partial charge on any atom is 0.274 e. The van der Waals surface area contributed by atoms with E-state index in [1.807, 2.05) is 0 Å². The van der Waals surface area contributed by atoms with Gasteiger partial charge < -0.3 is 15.4 Å². The highest BCUT2D eigenvalue weighted by molar-refractivity contribution is 6.04. The Morgan fingerprint density at radius 3 is 2.59 bits per heavy atom. The first-order valence-electron chi connectivity index (χ1n) is 8.73. The molecule has 2 amide bonds. The highest BCUT2D eigenvalue weighted by Crippen LogP contribution is 2.10. The summed E-state index contributed by atoms with van der Waals surface area (Å²) in [6, 6.07) is 8.40. The molecular weight excluding hydrogens is 351 g/mol. The Morgan fingerprint density at radius 1 is 1.11 bits per heavy atom. The number of hydrogen-bond acceptors (Lipinski definition) is 5. The van der Waals surface area contributed by atoms with Gasteiger partial charge in [0.15, 0.2) is 0 Å². The van der Waals surface area contributed by atoms with Gasteiger partial charge in [0.2, 0.25) is 0 Å². The molecule has 27 heavy (non-hydrogen) atoms. The third kappa shape index (κ3) is 5.57. The SMILES string of the molecule is O=C(NCCN1CCOCC1)c1ccnc(C(=O)Nc2ccc(F)cc2)c1. The third-order valence-electron chi connectivity index (χ3n) is 4.17. The van der Waals surface area contributed by atoms with E-state index in [1.54, 1.807) is 6.07 Å². The zero-order valence-electron chi connectivity index (χ0n) is 14.8. The van der Waals surface area contributed by atoms with E-state index in [-0.39, 0.29) is 17.4 Å². The summed E-state index contributed by atoms with van der Waals surface area (Å²) >= 11 is 0. The number of hydrogen-bond donors (Lipinski definition) is 2. The fraction of sp³-hybridized carbons (Fsp3) is 0.316. The Kier molecular flexibility index (Phi) is 6.45. The van der Waals surface area contributed by atoms with Crippen LogP contribution in [0.15, 0.2) is 42.6 Å². The van der Waals surface area contributed by atoms with Crippen LogP contribution in [-0.4, -0.2) is 61.1 Å². The molecule has 2 heterocycles. The molecule has 1 aliphatic heterocycles. The summed E-state index contributed by atoms with van der Waals surface area (Å²) in [5.41, 5.74) is 0.917. The number of rotatable bonds is 6. The quantitative estimate of drug-likeness (QED) is 0.804. The number of carbonyl (C=O) groups is 2. The number of anilines is 1. The lowest BCUT2D eigenvalue weighted by molar-refractivity contribution is 0.0383. The summed E-state index contributed by atoms with van der Waals surface area (Å²) < 4.78 is 18.2. The molecule has 0 atom stereocenters. The summed E-state index contributed by atoms with van der Waals surface area (Å²) in [7, 11) is 0. The average Bonchev–Trinajstić information content (AvgIpc) is 2.70. The number of pyridine rings is 1. The van der Waals surface area contributed by atoms with Crippen molar-refractivity contribution in [1.29, 1.82) is 0 Å². The Hall–Kier alpha value is -2.84. The van der Waals surface area contributed by atoms with E-state index in [1.165, 1.54) is 36.5 Å². The average molecular weight is 372 g/mol. The highest BCUT2D eigenvalue weighted by atomic mass is 19.1. The zero-order valence-corrected chi connectivity index (χ0v) is 14.8. The minimum absolute atomic E-state index is 0.111. The zero-order chi connectivity index (χ0) is 19.1. The Labute approximate surface area is 156 Å². The predicted octanol–water partition coefficient (Wildman–Crippen LogP) is 1.53. The number of amides is 2. The van der Waals surface area contributed by atoms with E-state index in [0.717, 1.165) is 19.6 Å². The largest absolute Gasteiger partial charge is 0.379 e. The minimum atomic E-state index is -0.468. The topological polar surface area (TPSA) is 83.6 Å². The van der Waals surface area contributed by atoms with E-state index in [9.17, 15) is 14.0 Å². The van der Waals surface area contributed by atoms with Crippen molar-refractivity contribution in [3.63, 3.8) is 0 Å². The molecule has 0 saturated carbocycles.